The number of alkyl halides is 1. The van der Waals surface area contributed by atoms with E-state index in [-0.39, 0.29) is 6.42 Å². The summed E-state index contributed by atoms with van der Waals surface area (Å²) in [6, 6.07) is 5.46. The molecule has 2 N–H and O–H groups in total. The molecular weight excluding hydrogens is 265 g/mol. The number of amides is 1. The number of benzene rings is 1. The standard InChI is InChI=1S/C14H18FNO4/c1-2-6-20-11-5-3-4-10(7-11)8-13(17)16-12(9-15)14(18)19/h3-5,7,12H,2,6,8-9H2,1H3,(H,16,17)(H,18,19). The first kappa shape index (κ1) is 15.9. The molecule has 0 aliphatic heterocycles. The Bertz CT molecular complexity index is 464. The van der Waals surface area contributed by atoms with E-state index >= 15 is 0 Å². The van der Waals surface area contributed by atoms with Crippen LogP contribution in [-0.4, -0.2) is 36.3 Å². The van der Waals surface area contributed by atoms with E-state index in [1.54, 1.807) is 24.3 Å². The second-order valence-corrected chi connectivity index (χ2v) is 4.29. The van der Waals surface area contributed by atoms with Crippen molar-refractivity contribution in [1.29, 1.82) is 0 Å². The van der Waals surface area contributed by atoms with Gasteiger partial charge in [-0.05, 0) is 24.1 Å². The third kappa shape index (κ3) is 5.26. The predicted molar refractivity (Wildman–Crippen MR) is 71.5 cm³/mol. The van der Waals surface area contributed by atoms with E-state index < -0.39 is 24.6 Å². The van der Waals surface area contributed by atoms with Gasteiger partial charge in [-0.3, -0.25) is 4.79 Å². The second kappa shape index (κ2) is 8.14. The lowest BCUT2D eigenvalue weighted by Gasteiger charge is -2.11. The summed E-state index contributed by atoms with van der Waals surface area (Å²) in [5.74, 6) is -1.28. The number of halogens is 1. The molecule has 20 heavy (non-hydrogen) atoms. The smallest absolute Gasteiger partial charge is 0.328 e. The van der Waals surface area contributed by atoms with Crippen molar-refractivity contribution < 1.29 is 23.8 Å². The summed E-state index contributed by atoms with van der Waals surface area (Å²) in [4.78, 5) is 22.2. The Hall–Kier alpha value is -2.11. The molecule has 5 nitrogen and oxygen atoms in total. The molecule has 1 aromatic carbocycles. The molecule has 6 heteroatoms. The van der Waals surface area contributed by atoms with Crippen molar-refractivity contribution in [3.05, 3.63) is 29.8 Å². The fraction of sp³-hybridized carbons (Fsp3) is 0.429. The number of nitrogens with one attached hydrogen (secondary N) is 1. The van der Waals surface area contributed by atoms with Crippen LogP contribution in [0.1, 0.15) is 18.9 Å². The molecule has 1 aromatic rings. The van der Waals surface area contributed by atoms with Crippen molar-refractivity contribution in [3.63, 3.8) is 0 Å². The molecular formula is C14H18FNO4. The van der Waals surface area contributed by atoms with Gasteiger partial charge in [0.05, 0.1) is 13.0 Å². The van der Waals surface area contributed by atoms with Gasteiger partial charge in [-0.1, -0.05) is 19.1 Å². The summed E-state index contributed by atoms with van der Waals surface area (Å²) in [5, 5.41) is 10.8. The predicted octanol–water partition coefficient (Wildman–Crippen LogP) is 1.56. The molecule has 110 valence electrons. The van der Waals surface area contributed by atoms with E-state index in [2.05, 4.69) is 5.32 Å². The van der Waals surface area contributed by atoms with Crippen LogP contribution in [0, 0.1) is 0 Å². The van der Waals surface area contributed by atoms with Gasteiger partial charge in [0.15, 0.2) is 6.04 Å². The molecule has 0 aromatic heterocycles. The largest absolute Gasteiger partial charge is 0.494 e. The van der Waals surface area contributed by atoms with Crippen LogP contribution >= 0.6 is 0 Å². The molecule has 1 rings (SSSR count). The van der Waals surface area contributed by atoms with E-state index in [0.717, 1.165) is 6.42 Å². The lowest BCUT2D eigenvalue weighted by Crippen LogP contribution is -2.43. The number of carbonyl (C=O) groups excluding carboxylic acids is 1. The Morgan fingerprint density at radius 2 is 2.20 bits per heavy atom. The summed E-state index contributed by atoms with van der Waals surface area (Å²) in [6.07, 6.45) is 0.856. The lowest BCUT2D eigenvalue weighted by atomic mass is 10.1. The van der Waals surface area contributed by atoms with Crippen LogP contribution in [0.2, 0.25) is 0 Å². The van der Waals surface area contributed by atoms with Crippen molar-refractivity contribution in [2.75, 3.05) is 13.3 Å². The molecule has 0 radical (unpaired) electrons. The zero-order chi connectivity index (χ0) is 15.0. The SMILES string of the molecule is CCCOc1cccc(CC(=O)NC(CF)C(=O)O)c1. The molecule has 0 fully saturated rings. The summed E-state index contributed by atoms with van der Waals surface area (Å²) in [6.45, 7) is 1.43. The van der Waals surface area contributed by atoms with Crippen LogP contribution in [0.15, 0.2) is 24.3 Å². The quantitative estimate of drug-likeness (QED) is 0.759. The molecule has 0 spiro atoms. The van der Waals surface area contributed by atoms with Gasteiger partial charge < -0.3 is 15.2 Å². The van der Waals surface area contributed by atoms with Gasteiger partial charge in [0.2, 0.25) is 5.91 Å². The number of carbonyl (C=O) groups is 2. The minimum Gasteiger partial charge on any atom is -0.494 e. The van der Waals surface area contributed by atoms with Gasteiger partial charge in [-0.15, -0.1) is 0 Å². The van der Waals surface area contributed by atoms with Gasteiger partial charge in [0.25, 0.3) is 0 Å². The highest BCUT2D eigenvalue weighted by Gasteiger charge is 2.19. The van der Waals surface area contributed by atoms with Gasteiger partial charge in [0, 0.05) is 0 Å². The Morgan fingerprint density at radius 3 is 2.80 bits per heavy atom. The molecule has 0 saturated heterocycles. The van der Waals surface area contributed by atoms with E-state index in [4.69, 9.17) is 9.84 Å². The summed E-state index contributed by atoms with van der Waals surface area (Å²) in [7, 11) is 0. The van der Waals surface area contributed by atoms with Gasteiger partial charge in [-0.25, -0.2) is 9.18 Å². The molecule has 1 atom stereocenters. The number of hydrogen-bond donors (Lipinski definition) is 2. The number of hydrogen-bond acceptors (Lipinski definition) is 3. The van der Waals surface area contributed by atoms with Crippen molar-refractivity contribution in [1.82, 2.24) is 5.32 Å². The lowest BCUT2D eigenvalue weighted by molar-refractivity contribution is -0.142. The highest BCUT2D eigenvalue weighted by atomic mass is 19.1. The third-order valence-electron chi connectivity index (χ3n) is 2.52. The van der Waals surface area contributed by atoms with E-state index in [0.29, 0.717) is 17.9 Å². The Morgan fingerprint density at radius 1 is 1.45 bits per heavy atom. The van der Waals surface area contributed by atoms with Crippen molar-refractivity contribution in [2.45, 2.75) is 25.8 Å². The van der Waals surface area contributed by atoms with E-state index in [1.165, 1.54) is 0 Å². The molecule has 0 saturated carbocycles. The maximum absolute atomic E-state index is 12.4. The number of carboxylic acid groups (broad SMARTS) is 1. The summed E-state index contributed by atoms with van der Waals surface area (Å²) < 4.78 is 17.8. The van der Waals surface area contributed by atoms with Gasteiger partial charge in [0.1, 0.15) is 12.4 Å². The highest BCUT2D eigenvalue weighted by Crippen LogP contribution is 2.14. The van der Waals surface area contributed by atoms with E-state index in [9.17, 15) is 14.0 Å². The second-order valence-electron chi connectivity index (χ2n) is 4.29. The molecule has 0 bridgehead atoms. The minimum absolute atomic E-state index is 0.0207. The zero-order valence-corrected chi connectivity index (χ0v) is 11.3. The fourth-order valence-electron chi connectivity index (χ4n) is 1.56. The Kier molecular flexibility index (Phi) is 6.49. The number of carboxylic acids is 1. The molecule has 1 unspecified atom stereocenters. The van der Waals surface area contributed by atoms with E-state index in [1.807, 2.05) is 6.92 Å². The van der Waals surface area contributed by atoms with Crippen LogP contribution in [0.4, 0.5) is 4.39 Å². The molecule has 0 aliphatic rings. The average Bonchev–Trinajstić information content (AvgIpc) is 2.42. The van der Waals surface area contributed by atoms with Crippen LogP contribution in [0.25, 0.3) is 0 Å². The zero-order valence-electron chi connectivity index (χ0n) is 11.3. The molecule has 1 amide bonds. The van der Waals surface area contributed by atoms with Crippen LogP contribution < -0.4 is 10.1 Å². The summed E-state index contributed by atoms with van der Waals surface area (Å²) in [5.41, 5.74) is 0.680. The monoisotopic (exact) mass is 283 g/mol. The topological polar surface area (TPSA) is 75.6 Å². The minimum atomic E-state index is -1.50. The number of aliphatic carboxylic acids is 1. The third-order valence-corrected chi connectivity index (χ3v) is 2.52. The maximum atomic E-state index is 12.4. The van der Waals surface area contributed by atoms with Crippen LogP contribution in [-0.2, 0) is 16.0 Å². The Labute approximate surface area is 116 Å². The first-order chi connectivity index (χ1) is 9.56. The van der Waals surface area contributed by atoms with Gasteiger partial charge >= 0.3 is 5.97 Å². The summed E-state index contributed by atoms with van der Waals surface area (Å²) >= 11 is 0. The average molecular weight is 283 g/mol. The first-order valence-corrected chi connectivity index (χ1v) is 6.36. The number of rotatable bonds is 8. The van der Waals surface area contributed by atoms with Crippen LogP contribution in [0.3, 0.4) is 0 Å². The van der Waals surface area contributed by atoms with Crippen molar-refractivity contribution in [3.8, 4) is 5.75 Å². The Balaban J connectivity index is 2.59. The normalized spacial score (nSPS) is 11.7. The molecule has 0 aliphatic carbocycles. The maximum Gasteiger partial charge on any atom is 0.328 e. The fourth-order valence-corrected chi connectivity index (χ4v) is 1.56. The number of ether oxygens (including phenoxy) is 1. The van der Waals surface area contributed by atoms with Crippen molar-refractivity contribution in [2.24, 2.45) is 0 Å². The van der Waals surface area contributed by atoms with Gasteiger partial charge in [-0.2, -0.15) is 0 Å². The van der Waals surface area contributed by atoms with Crippen molar-refractivity contribution >= 4 is 11.9 Å². The van der Waals surface area contributed by atoms with Crippen LogP contribution in [0.5, 0.6) is 5.75 Å². The molecule has 0 heterocycles. The highest BCUT2D eigenvalue weighted by molar-refractivity contribution is 5.84. The first-order valence-electron chi connectivity index (χ1n) is 6.36.